The quantitative estimate of drug-likeness (QED) is 0.777. The number of likely N-dealkylation sites (tertiary alicyclic amines) is 1. The van der Waals surface area contributed by atoms with Gasteiger partial charge in [0.25, 0.3) is 6.43 Å². The lowest BCUT2D eigenvalue weighted by molar-refractivity contribution is -0.153. The van der Waals surface area contributed by atoms with Crippen molar-refractivity contribution in [2.75, 3.05) is 13.1 Å². The van der Waals surface area contributed by atoms with Crippen LogP contribution in [-0.2, 0) is 10.2 Å². The molecule has 134 valence electrons. The predicted molar refractivity (Wildman–Crippen MR) is 93.6 cm³/mol. The molecule has 5 heteroatoms. The molecule has 2 fully saturated rings. The second-order valence-electron chi connectivity index (χ2n) is 7.75. The van der Waals surface area contributed by atoms with Gasteiger partial charge in [0.05, 0.1) is 5.69 Å². The van der Waals surface area contributed by atoms with Gasteiger partial charge in [-0.15, -0.1) is 0 Å². The maximum atomic E-state index is 13.7. The smallest absolute Gasteiger partial charge is 0.252 e. The second kappa shape index (κ2) is 5.89. The summed E-state index contributed by atoms with van der Waals surface area (Å²) >= 11 is 0. The van der Waals surface area contributed by atoms with Gasteiger partial charge in [-0.05, 0) is 44.2 Å². The topological polar surface area (TPSA) is 32.7 Å². The van der Waals surface area contributed by atoms with E-state index in [1.165, 1.54) is 5.56 Å². The fraction of sp³-hybridized carbons (Fsp3) is 0.600. The molecule has 1 amide bonds. The Bertz CT molecular complexity index is 714. The first kappa shape index (κ1) is 16.7. The summed E-state index contributed by atoms with van der Waals surface area (Å²) in [5.41, 5.74) is 1.77. The summed E-state index contributed by atoms with van der Waals surface area (Å²) in [5, 5.41) is 0. The Morgan fingerprint density at radius 3 is 2.40 bits per heavy atom. The largest absolute Gasteiger partial charge is 0.342 e. The Balaban J connectivity index is 1.54. The summed E-state index contributed by atoms with van der Waals surface area (Å²) in [6, 6.07) is 8.15. The number of carbonyl (C=O) groups is 1. The van der Waals surface area contributed by atoms with Crippen LogP contribution in [-0.4, -0.2) is 36.0 Å². The summed E-state index contributed by atoms with van der Waals surface area (Å²) in [4.78, 5) is 19.3. The molecule has 0 radical (unpaired) electrons. The number of para-hydroxylation sites is 1. The van der Waals surface area contributed by atoms with Gasteiger partial charge in [-0.1, -0.05) is 31.0 Å². The Morgan fingerprint density at radius 2 is 1.76 bits per heavy atom. The van der Waals surface area contributed by atoms with Gasteiger partial charge in [-0.2, -0.15) is 0 Å². The second-order valence-corrected chi connectivity index (χ2v) is 7.75. The number of halogens is 2. The van der Waals surface area contributed by atoms with E-state index in [2.05, 4.69) is 13.0 Å². The Morgan fingerprint density at radius 1 is 1.12 bits per heavy atom. The van der Waals surface area contributed by atoms with Gasteiger partial charge in [0.15, 0.2) is 0 Å². The summed E-state index contributed by atoms with van der Waals surface area (Å²) in [5.74, 6) is -0.323. The van der Waals surface area contributed by atoms with Gasteiger partial charge in [-0.25, -0.2) is 8.78 Å². The average molecular weight is 346 g/mol. The van der Waals surface area contributed by atoms with E-state index in [9.17, 15) is 13.6 Å². The Labute approximate surface area is 147 Å². The van der Waals surface area contributed by atoms with Crippen LogP contribution in [0.15, 0.2) is 29.3 Å². The van der Waals surface area contributed by atoms with E-state index < -0.39 is 11.8 Å². The number of alkyl halides is 2. The molecule has 3 nitrogen and oxygen atoms in total. The van der Waals surface area contributed by atoms with Crippen LogP contribution in [0.3, 0.4) is 0 Å². The normalized spacial score (nSPS) is 23.8. The van der Waals surface area contributed by atoms with Crippen LogP contribution in [0.2, 0.25) is 0 Å². The maximum Gasteiger partial charge on any atom is 0.252 e. The van der Waals surface area contributed by atoms with Crippen LogP contribution in [0.1, 0.15) is 51.0 Å². The molecule has 2 heterocycles. The molecule has 0 unspecified atom stereocenters. The standard InChI is InChI=1S/C20H24F2N2O/c1-14-19(15-6-2-3-7-16(15)23-14)10-12-24(13-11-19)18(25)20(17(21)22)8-4-5-9-20/h2-3,6-7,17H,4-5,8-13H2,1H3. The number of fused-ring (bicyclic) bond motifs is 2. The van der Waals surface area contributed by atoms with Crippen LogP contribution >= 0.6 is 0 Å². The first-order chi connectivity index (χ1) is 12.0. The highest BCUT2D eigenvalue weighted by Gasteiger charge is 2.52. The van der Waals surface area contributed by atoms with Crippen LogP contribution in [0.5, 0.6) is 0 Å². The highest BCUT2D eigenvalue weighted by molar-refractivity contribution is 6.00. The van der Waals surface area contributed by atoms with E-state index >= 15 is 0 Å². The Hall–Kier alpha value is -1.78. The van der Waals surface area contributed by atoms with Crippen molar-refractivity contribution in [2.45, 2.75) is 57.3 Å². The van der Waals surface area contributed by atoms with Crippen molar-refractivity contribution in [3.63, 3.8) is 0 Å². The predicted octanol–water partition coefficient (Wildman–Crippen LogP) is 4.48. The molecule has 1 saturated heterocycles. The molecule has 1 spiro atoms. The lowest BCUT2D eigenvalue weighted by Crippen LogP contribution is -2.53. The summed E-state index contributed by atoms with van der Waals surface area (Å²) < 4.78 is 27.4. The molecule has 0 atom stereocenters. The molecule has 0 aromatic heterocycles. The molecular formula is C20H24F2N2O. The van der Waals surface area contributed by atoms with Crippen molar-refractivity contribution in [3.05, 3.63) is 29.8 Å². The third-order valence-electron chi connectivity index (χ3n) is 6.64. The number of hydrogen-bond donors (Lipinski definition) is 0. The molecule has 1 aliphatic carbocycles. The van der Waals surface area contributed by atoms with E-state index in [1.807, 2.05) is 18.2 Å². The zero-order valence-corrected chi connectivity index (χ0v) is 14.6. The highest BCUT2D eigenvalue weighted by atomic mass is 19.3. The lowest BCUT2D eigenvalue weighted by Gasteiger charge is -2.43. The summed E-state index contributed by atoms with van der Waals surface area (Å²) in [7, 11) is 0. The fourth-order valence-electron chi connectivity index (χ4n) is 5.03. The molecule has 1 saturated carbocycles. The first-order valence-corrected chi connectivity index (χ1v) is 9.22. The Kier molecular flexibility index (Phi) is 3.93. The molecule has 25 heavy (non-hydrogen) atoms. The van der Waals surface area contributed by atoms with Gasteiger partial charge in [0, 0.05) is 24.2 Å². The minimum absolute atomic E-state index is 0.124. The lowest BCUT2D eigenvalue weighted by atomic mass is 9.70. The molecule has 4 rings (SSSR count). The monoisotopic (exact) mass is 346 g/mol. The molecule has 1 aromatic rings. The number of piperidine rings is 1. The highest BCUT2D eigenvalue weighted by Crippen LogP contribution is 2.49. The zero-order chi connectivity index (χ0) is 17.7. The summed E-state index contributed by atoms with van der Waals surface area (Å²) in [6.45, 7) is 3.12. The number of nitrogens with zero attached hydrogens (tertiary/aromatic N) is 2. The molecule has 0 bridgehead atoms. The van der Waals surface area contributed by atoms with E-state index in [0.717, 1.165) is 37.1 Å². The van der Waals surface area contributed by atoms with Crippen molar-refractivity contribution in [1.82, 2.24) is 4.90 Å². The van der Waals surface area contributed by atoms with Crippen molar-refractivity contribution >= 4 is 17.3 Å². The van der Waals surface area contributed by atoms with Crippen LogP contribution in [0.4, 0.5) is 14.5 Å². The SMILES string of the molecule is CC1=Nc2ccccc2C12CCN(C(=O)C1(C(F)F)CCCC1)CC2. The maximum absolute atomic E-state index is 13.7. The molecule has 0 N–H and O–H groups in total. The van der Waals surface area contributed by atoms with Gasteiger partial charge in [-0.3, -0.25) is 9.79 Å². The van der Waals surface area contributed by atoms with Crippen molar-refractivity contribution in [1.29, 1.82) is 0 Å². The van der Waals surface area contributed by atoms with Crippen LogP contribution in [0.25, 0.3) is 0 Å². The van der Waals surface area contributed by atoms with E-state index in [-0.39, 0.29) is 11.3 Å². The van der Waals surface area contributed by atoms with Gasteiger partial charge < -0.3 is 4.90 Å². The van der Waals surface area contributed by atoms with Gasteiger partial charge >= 0.3 is 0 Å². The van der Waals surface area contributed by atoms with Crippen molar-refractivity contribution in [3.8, 4) is 0 Å². The minimum Gasteiger partial charge on any atom is -0.342 e. The fourth-order valence-corrected chi connectivity index (χ4v) is 5.03. The van der Waals surface area contributed by atoms with E-state index in [1.54, 1.807) is 4.90 Å². The number of hydrogen-bond acceptors (Lipinski definition) is 2. The number of rotatable bonds is 2. The molecule has 2 aliphatic heterocycles. The first-order valence-electron chi connectivity index (χ1n) is 9.22. The number of benzene rings is 1. The third-order valence-corrected chi connectivity index (χ3v) is 6.64. The number of carbonyl (C=O) groups excluding carboxylic acids is 1. The van der Waals surface area contributed by atoms with Crippen molar-refractivity contribution in [2.24, 2.45) is 10.4 Å². The molecule has 1 aromatic carbocycles. The van der Waals surface area contributed by atoms with E-state index in [0.29, 0.717) is 25.9 Å². The summed E-state index contributed by atoms with van der Waals surface area (Å²) in [6.07, 6.45) is 1.09. The van der Waals surface area contributed by atoms with E-state index in [4.69, 9.17) is 4.99 Å². The van der Waals surface area contributed by atoms with Crippen LogP contribution < -0.4 is 0 Å². The van der Waals surface area contributed by atoms with Crippen LogP contribution in [0, 0.1) is 5.41 Å². The molecular weight excluding hydrogens is 322 g/mol. The average Bonchev–Trinajstić information content (AvgIpc) is 3.21. The third kappa shape index (κ3) is 2.35. The number of amides is 1. The van der Waals surface area contributed by atoms with Crippen molar-refractivity contribution < 1.29 is 13.6 Å². The van der Waals surface area contributed by atoms with Gasteiger partial charge in [0.1, 0.15) is 5.41 Å². The zero-order valence-electron chi connectivity index (χ0n) is 14.6. The van der Waals surface area contributed by atoms with Gasteiger partial charge in [0.2, 0.25) is 5.91 Å². The number of aliphatic imine (C=N–C) groups is 1. The minimum atomic E-state index is -2.56. The molecule has 3 aliphatic rings.